The van der Waals surface area contributed by atoms with Gasteiger partial charge in [-0.1, -0.05) is 13.8 Å². The van der Waals surface area contributed by atoms with Gasteiger partial charge in [0, 0.05) is 0 Å². The van der Waals surface area contributed by atoms with Crippen molar-refractivity contribution in [3.05, 3.63) is 0 Å². The van der Waals surface area contributed by atoms with E-state index in [0.717, 1.165) is 0 Å². The molecule has 86 valence electrons. The summed E-state index contributed by atoms with van der Waals surface area (Å²) in [6, 6.07) is 0. The molecule has 14 heavy (non-hydrogen) atoms. The van der Waals surface area contributed by atoms with Gasteiger partial charge < -0.3 is 4.55 Å². The zero-order chi connectivity index (χ0) is 11.4. The summed E-state index contributed by atoms with van der Waals surface area (Å²) in [7, 11) is -7.22. The number of nitrogens with two attached hydrogens (primary N) is 1. The van der Waals surface area contributed by atoms with Crippen LogP contribution < -0.4 is 9.86 Å². The lowest BCUT2D eigenvalue weighted by atomic mass is 10.5. The average Bonchev–Trinajstić information content (AvgIpc) is 1.98. The van der Waals surface area contributed by atoms with Gasteiger partial charge in [0.1, 0.15) is 0 Å². The normalized spacial score (nSPS) is 16.3. The smallest absolute Gasteiger partial charge is 0.216 e. The summed E-state index contributed by atoms with van der Waals surface area (Å²) in [5, 5.41) is 4.91. The lowest BCUT2D eigenvalue weighted by Gasteiger charge is -2.09. The summed E-state index contributed by atoms with van der Waals surface area (Å²) in [6.45, 7) is 3.25. The van der Waals surface area contributed by atoms with E-state index in [2.05, 4.69) is 0 Å². The molecule has 0 spiro atoms. The van der Waals surface area contributed by atoms with Gasteiger partial charge in [-0.2, -0.15) is 4.72 Å². The summed E-state index contributed by atoms with van der Waals surface area (Å²) in [5.41, 5.74) is 0. The molecule has 1 unspecified atom stereocenters. The van der Waals surface area contributed by atoms with E-state index in [9.17, 15) is 12.6 Å². The molecule has 0 aromatic carbocycles. The Morgan fingerprint density at radius 3 is 2.14 bits per heavy atom. The van der Waals surface area contributed by atoms with Crippen LogP contribution in [0.3, 0.4) is 0 Å². The third-order valence-corrected chi connectivity index (χ3v) is 4.15. The first kappa shape index (κ1) is 13.8. The van der Waals surface area contributed by atoms with Gasteiger partial charge in [-0.3, -0.25) is 0 Å². The Morgan fingerprint density at radius 2 is 1.86 bits per heavy atom. The molecule has 8 heteroatoms. The molecule has 1 atom stereocenters. The van der Waals surface area contributed by atoms with Crippen molar-refractivity contribution < 1.29 is 17.2 Å². The largest absolute Gasteiger partial charge is 0.301 e. The van der Waals surface area contributed by atoms with Crippen LogP contribution >= 0.6 is 0 Å². The van der Waals surface area contributed by atoms with Crippen molar-refractivity contribution in [3.63, 3.8) is 0 Å². The minimum atomic E-state index is -3.69. The summed E-state index contributed by atoms with van der Waals surface area (Å²) >= 11 is 0. The third kappa shape index (κ3) is 4.91. The van der Waals surface area contributed by atoms with Crippen molar-refractivity contribution in [1.82, 2.24) is 4.72 Å². The van der Waals surface area contributed by atoms with Crippen LogP contribution in [0.2, 0.25) is 0 Å². The van der Waals surface area contributed by atoms with Gasteiger partial charge in [0.25, 0.3) is 0 Å². The van der Waals surface area contributed by atoms with Crippen LogP contribution in [0, 0.1) is 0 Å². The predicted octanol–water partition coefficient (Wildman–Crippen LogP) is -0.513. The van der Waals surface area contributed by atoms with E-state index >= 15 is 0 Å². The Bertz CT molecular complexity index is 384. The van der Waals surface area contributed by atoms with Crippen molar-refractivity contribution >= 4 is 25.0 Å². The fourth-order valence-electron chi connectivity index (χ4n) is 0.832. The van der Waals surface area contributed by atoms with E-state index in [4.69, 9.17) is 9.69 Å². The minimum absolute atomic E-state index is 0.0913. The van der Waals surface area contributed by atoms with Crippen LogP contribution in [0.5, 0.6) is 0 Å². The lowest BCUT2D eigenvalue weighted by molar-refractivity contribution is 0.559. The van der Waals surface area contributed by atoms with Crippen LogP contribution in [0.1, 0.15) is 26.7 Å². The molecule has 0 aliphatic rings. The van der Waals surface area contributed by atoms with Crippen LogP contribution in [-0.4, -0.2) is 27.9 Å². The number of nitrogens with one attached hydrogen (secondary N) is 1. The molecule has 0 heterocycles. The predicted molar refractivity (Wildman–Crippen MR) is 57.5 cm³/mol. The molecule has 0 amide bonds. The van der Waals surface area contributed by atoms with Crippen molar-refractivity contribution in [2.75, 3.05) is 5.75 Å². The van der Waals surface area contributed by atoms with E-state index in [1.165, 1.54) is 0 Å². The fourth-order valence-corrected chi connectivity index (χ4v) is 3.23. The lowest BCUT2D eigenvalue weighted by Crippen LogP contribution is -2.38. The highest BCUT2D eigenvalue weighted by molar-refractivity contribution is 7.97. The topological polar surface area (TPSA) is 109 Å². The molecule has 0 saturated heterocycles. The Hall–Kier alpha value is -0.150. The molecule has 0 rings (SSSR count). The van der Waals surface area contributed by atoms with Crippen LogP contribution in [-0.2, 0) is 20.0 Å². The highest BCUT2D eigenvalue weighted by Crippen LogP contribution is 1.93. The average molecular weight is 244 g/mol. The van der Waals surface area contributed by atoms with Crippen LogP contribution in [0.25, 0.3) is 0 Å². The number of rotatable bonds is 4. The summed E-state index contributed by atoms with van der Waals surface area (Å²) in [6.07, 6.45) is 0.526. The Kier molecular flexibility index (Phi) is 5.02. The second-order valence-corrected chi connectivity index (χ2v) is 6.24. The van der Waals surface area contributed by atoms with E-state index in [-0.39, 0.29) is 17.2 Å². The number of hydrogen-bond acceptors (Lipinski definition) is 3. The third-order valence-electron chi connectivity index (χ3n) is 1.42. The highest BCUT2D eigenvalue weighted by atomic mass is 32.2. The standard InChI is InChI=1S/C6H16N2O4S2/c1-3-5-13(9,10)8-6(4-2)14(7,11)12/h8H,3-5H2,1-2H3,(H3,7,11,12). The highest BCUT2D eigenvalue weighted by Gasteiger charge is 2.14. The Morgan fingerprint density at radius 1 is 1.36 bits per heavy atom. The molecule has 0 aromatic heterocycles. The Balaban J connectivity index is 4.94. The van der Waals surface area contributed by atoms with E-state index in [1.807, 2.05) is 4.72 Å². The summed E-state index contributed by atoms with van der Waals surface area (Å²) < 4.78 is 44.4. The molecule has 4 N–H and O–H groups in total. The van der Waals surface area contributed by atoms with Crippen molar-refractivity contribution in [2.24, 2.45) is 5.14 Å². The minimum Gasteiger partial charge on any atom is -0.301 e. The van der Waals surface area contributed by atoms with Crippen molar-refractivity contribution in [3.8, 4) is 0 Å². The second-order valence-electron chi connectivity index (χ2n) is 2.77. The number of sulfonamides is 1. The molecular formula is C6H16N2O4S2. The maximum Gasteiger partial charge on any atom is 0.216 e. The molecule has 0 aliphatic heterocycles. The fraction of sp³-hybridized carbons (Fsp3) is 0.833. The van der Waals surface area contributed by atoms with Crippen molar-refractivity contribution in [2.45, 2.75) is 26.7 Å². The van der Waals surface area contributed by atoms with Gasteiger partial charge in [-0.05, 0) is 12.8 Å². The van der Waals surface area contributed by atoms with Gasteiger partial charge in [0.2, 0.25) is 10.0 Å². The zero-order valence-corrected chi connectivity index (χ0v) is 9.82. The van der Waals surface area contributed by atoms with Gasteiger partial charge in [0.05, 0.1) is 10.7 Å². The van der Waals surface area contributed by atoms with E-state index in [1.54, 1.807) is 13.8 Å². The van der Waals surface area contributed by atoms with Gasteiger partial charge in [0.15, 0.2) is 9.99 Å². The maximum atomic E-state index is 11.2. The van der Waals surface area contributed by atoms with E-state index in [0.29, 0.717) is 6.42 Å². The second kappa shape index (κ2) is 5.08. The van der Waals surface area contributed by atoms with Gasteiger partial charge >= 0.3 is 0 Å². The molecule has 0 fully saturated rings. The van der Waals surface area contributed by atoms with Gasteiger partial charge in [-0.15, -0.1) is 0 Å². The van der Waals surface area contributed by atoms with Gasteiger partial charge in [-0.25, -0.2) is 17.8 Å². The number of hydrogen-bond donors (Lipinski definition) is 3. The molecule has 0 aliphatic carbocycles. The van der Waals surface area contributed by atoms with E-state index < -0.39 is 20.0 Å². The monoisotopic (exact) mass is 244 g/mol. The molecule has 0 saturated carbocycles. The summed E-state index contributed by atoms with van der Waals surface area (Å²) in [5.74, 6) is -0.0913. The quantitative estimate of drug-likeness (QED) is 0.578. The molecular weight excluding hydrogens is 228 g/mol. The molecule has 6 nitrogen and oxygen atoms in total. The molecule has 0 radical (unpaired) electrons. The zero-order valence-electron chi connectivity index (χ0n) is 8.19. The van der Waals surface area contributed by atoms with Crippen LogP contribution in [0.4, 0.5) is 0 Å². The molecule has 0 bridgehead atoms. The van der Waals surface area contributed by atoms with Crippen molar-refractivity contribution in [1.29, 1.82) is 0 Å². The first-order valence-corrected chi connectivity index (χ1v) is 7.36. The van der Waals surface area contributed by atoms with Crippen LogP contribution in [0.15, 0.2) is 0 Å². The molecule has 0 aromatic rings. The Labute approximate surface area is 84.9 Å². The maximum absolute atomic E-state index is 11.2. The summed E-state index contributed by atoms with van der Waals surface area (Å²) in [4.78, 5) is -0.258. The first-order chi connectivity index (χ1) is 6.23. The first-order valence-electron chi connectivity index (χ1n) is 4.13. The SMILES string of the molecule is CCCS(=O)(=O)NC(CC)=S(N)(=O)O.